The van der Waals surface area contributed by atoms with E-state index in [1.165, 1.54) is 0 Å². The van der Waals surface area contributed by atoms with Gasteiger partial charge in [-0.3, -0.25) is 9.88 Å². The summed E-state index contributed by atoms with van der Waals surface area (Å²) in [4.78, 5) is 26.1. The van der Waals surface area contributed by atoms with Crippen LogP contribution in [0.25, 0.3) is 0 Å². The third-order valence-electron chi connectivity index (χ3n) is 2.75. The van der Waals surface area contributed by atoms with Gasteiger partial charge in [0.2, 0.25) is 6.17 Å². The first-order valence-electron chi connectivity index (χ1n) is 5.38. The van der Waals surface area contributed by atoms with E-state index in [2.05, 4.69) is 9.88 Å². The SMILES string of the molecule is CC(C)(C(=O)OF)C(F)C(F)C(F)C(F)C(F)C(=O)OF. The highest BCUT2D eigenvalue weighted by Gasteiger charge is 2.51. The van der Waals surface area contributed by atoms with Crippen LogP contribution in [-0.2, 0) is 19.5 Å². The molecule has 0 heterocycles. The zero-order valence-electron chi connectivity index (χ0n) is 10.7. The Kier molecular flexibility index (Phi) is 6.91. The molecule has 4 nitrogen and oxygen atoms in total. The van der Waals surface area contributed by atoms with Crippen molar-refractivity contribution in [2.45, 2.75) is 44.7 Å². The summed E-state index contributed by atoms with van der Waals surface area (Å²) in [5, 5.41) is 0. The Bertz CT molecular complexity index is 378. The molecule has 0 saturated carbocycles. The second-order valence-corrected chi connectivity index (χ2v) is 4.62. The average Bonchev–Trinajstić information content (AvgIpc) is 2.48. The van der Waals surface area contributed by atoms with Crippen LogP contribution in [-0.4, -0.2) is 42.8 Å². The molecule has 0 spiro atoms. The fourth-order valence-corrected chi connectivity index (χ4v) is 1.28. The van der Waals surface area contributed by atoms with Gasteiger partial charge in [-0.1, -0.05) is 0 Å². The molecule has 0 aromatic rings. The van der Waals surface area contributed by atoms with E-state index in [0.717, 1.165) is 0 Å². The van der Waals surface area contributed by atoms with Gasteiger partial charge in [0, 0.05) is 9.05 Å². The molecule has 21 heavy (non-hydrogen) atoms. The van der Waals surface area contributed by atoms with Crippen LogP contribution in [0.1, 0.15) is 13.8 Å². The highest BCUT2D eigenvalue weighted by molar-refractivity contribution is 5.76. The van der Waals surface area contributed by atoms with Crippen LogP contribution >= 0.6 is 0 Å². The largest absolute Gasteiger partial charge is 0.385 e. The molecule has 5 atom stereocenters. The third-order valence-corrected chi connectivity index (χ3v) is 2.75. The molecule has 0 bridgehead atoms. The van der Waals surface area contributed by atoms with Crippen molar-refractivity contribution >= 4 is 11.9 Å². The van der Waals surface area contributed by atoms with Crippen LogP contribution in [0.3, 0.4) is 0 Å². The molecular formula is C10H11F7O4. The first-order chi connectivity index (χ1) is 9.52. The molecule has 0 aromatic carbocycles. The van der Waals surface area contributed by atoms with Crippen molar-refractivity contribution in [2.75, 3.05) is 0 Å². The first-order valence-corrected chi connectivity index (χ1v) is 5.38. The number of carbonyl (C=O) groups excluding carboxylic acids is 2. The Balaban J connectivity index is 5.03. The maximum Gasteiger partial charge on any atom is 0.385 e. The second-order valence-electron chi connectivity index (χ2n) is 4.62. The van der Waals surface area contributed by atoms with Crippen LogP contribution in [0.5, 0.6) is 0 Å². The van der Waals surface area contributed by atoms with Crippen molar-refractivity contribution in [1.82, 2.24) is 0 Å². The summed E-state index contributed by atoms with van der Waals surface area (Å²) in [5.74, 6) is -4.39. The molecule has 0 N–H and O–H groups in total. The molecule has 124 valence electrons. The molecule has 0 amide bonds. The maximum atomic E-state index is 13.6. The molecule has 0 radical (unpaired) electrons. The molecular weight excluding hydrogens is 317 g/mol. The van der Waals surface area contributed by atoms with Crippen molar-refractivity contribution in [3.05, 3.63) is 0 Å². The van der Waals surface area contributed by atoms with Gasteiger partial charge in [0.15, 0.2) is 18.5 Å². The zero-order chi connectivity index (χ0) is 17.0. The molecule has 0 saturated heterocycles. The van der Waals surface area contributed by atoms with Crippen LogP contribution in [0.4, 0.5) is 31.0 Å². The van der Waals surface area contributed by atoms with Gasteiger partial charge in [-0.15, -0.1) is 0 Å². The Labute approximate surface area is 114 Å². The third kappa shape index (κ3) is 4.21. The average molecular weight is 328 g/mol. The summed E-state index contributed by atoms with van der Waals surface area (Å²) in [7, 11) is 0. The Morgan fingerprint density at radius 1 is 0.857 bits per heavy atom. The lowest BCUT2D eigenvalue weighted by Gasteiger charge is -2.29. The van der Waals surface area contributed by atoms with Gasteiger partial charge in [0.05, 0.1) is 0 Å². The first kappa shape index (κ1) is 19.4. The van der Waals surface area contributed by atoms with Gasteiger partial charge in [0.25, 0.3) is 0 Å². The summed E-state index contributed by atoms with van der Waals surface area (Å²) < 4.78 is 89.2. The fraction of sp³-hybridized carbons (Fsp3) is 0.800. The molecule has 0 aliphatic heterocycles. The van der Waals surface area contributed by atoms with E-state index in [1.807, 2.05) is 0 Å². The highest BCUT2D eigenvalue weighted by atomic mass is 19.3. The van der Waals surface area contributed by atoms with Crippen molar-refractivity contribution in [1.29, 1.82) is 0 Å². The van der Waals surface area contributed by atoms with E-state index >= 15 is 0 Å². The van der Waals surface area contributed by atoms with E-state index in [9.17, 15) is 40.6 Å². The van der Waals surface area contributed by atoms with Crippen LogP contribution in [0, 0.1) is 5.41 Å². The minimum Gasteiger partial charge on any atom is -0.254 e. The topological polar surface area (TPSA) is 52.6 Å². The monoisotopic (exact) mass is 328 g/mol. The smallest absolute Gasteiger partial charge is 0.254 e. The zero-order valence-corrected chi connectivity index (χ0v) is 10.7. The molecule has 0 fully saturated rings. The van der Waals surface area contributed by atoms with E-state index in [0.29, 0.717) is 13.8 Å². The Morgan fingerprint density at radius 3 is 1.71 bits per heavy atom. The number of halogens is 7. The summed E-state index contributed by atoms with van der Waals surface area (Å²) in [5.41, 5.74) is -2.56. The van der Waals surface area contributed by atoms with Gasteiger partial charge in [-0.2, -0.15) is 0 Å². The van der Waals surface area contributed by atoms with Gasteiger partial charge < -0.3 is 0 Å². The maximum absolute atomic E-state index is 13.6. The normalized spacial score (nSPS) is 19.1. The molecule has 11 heteroatoms. The van der Waals surface area contributed by atoms with E-state index < -0.39 is 48.2 Å². The summed E-state index contributed by atoms with van der Waals surface area (Å²) in [6, 6.07) is 0. The van der Waals surface area contributed by atoms with Crippen molar-refractivity contribution < 1.29 is 50.5 Å². The predicted octanol–water partition coefficient (Wildman–Crippen LogP) is 2.56. The molecule has 0 aromatic heterocycles. The highest BCUT2D eigenvalue weighted by Crippen LogP contribution is 2.33. The molecule has 5 unspecified atom stereocenters. The number of alkyl halides is 5. The second kappa shape index (κ2) is 7.46. The Morgan fingerprint density at radius 2 is 1.33 bits per heavy atom. The lowest BCUT2D eigenvalue weighted by atomic mass is 9.83. The van der Waals surface area contributed by atoms with E-state index in [1.54, 1.807) is 0 Å². The van der Waals surface area contributed by atoms with Crippen LogP contribution in [0.15, 0.2) is 0 Å². The predicted molar refractivity (Wildman–Crippen MR) is 52.7 cm³/mol. The quantitative estimate of drug-likeness (QED) is 0.674. The van der Waals surface area contributed by atoms with Gasteiger partial charge in [-0.25, -0.2) is 31.5 Å². The number of rotatable bonds is 7. The van der Waals surface area contributed by atoms with Gasteiger partial charge in [0.1, 0.15) is 11.6 Å². The van der Waals surface area contributed by atoms with Gasteiger partial charge in [-0.05, 0) is 13.8 Å². The number of hydrogen-bond donors (Lipinski definition) is 0. The van der Waals surface area contributed by atoms with Crippen LogP contribution in [0.2, 0.25) is 0 Å². The summed E-state index contributed by atoms with van der Waals surface area (Å²) >= 11 is 0. The standard InChI is InChI=1S/C10H11F7O4/c1-10(2,9(19)21-17)7(15)5(13)3(11)4(12)6(14)8(18)20-16/h3-7H,1-2H3. The number of carbonyl (C=O) groups is 2. The van der Waals surface area contributed by atoms with Gasteiger partial charge >= 0.3 is 11.9 Å². The minimum absolute atomic E-state index is 0.620. The van der Waals surface area contributed by atoms with Crippen molar-refractivity contribution in [2.24, 2.45) is 5.41 Å². The Hall–Kier alpha value is -1.55. The lowest BCUT2D eigenvalue weighted by molar-refractivity contribution is -0.202. The summed E-state index contributed by atoms with van der Waals surface area (Å²) in [6.45, 7) is 1.24. The molecule has 0 aliphatic carbocycles. The lowest BCUT2D eigenvalue weighted by Crippen LogP contribution is -2.48. The van der Waals surface area contributed by atoms with Crippen LogP contribution < -0.4 is 0 Å². The minimum atomic E-state index is -3.60. The summed E-state index contributed by atoms with van der Waals surface area (Å²) in [6.07, 6.45) is -17.3. The molecule has 0 rings (SSSR count). The van der Waals surface area contributed by atoms with E-state index in [4.69, 9.17) is 0 Å². The van der Waals surface area contributed by atoms with Crippen molar-refractivity contribution in [3.8, 4) is 0 Å². The van der Waals surface area contributed by atoms with E-state index in [-0.39, 0.29) is 0 Å². The fourth-order valence-electron chi connectivity index (χ4n) is 1.28. The molecule has 0 aliphatic rings. The van der Waals surface area contributed by atoms with Crippen molar-refractivity contribution in [3.63, 3.8) is 0 Å². The number of hydrogen-bond acceptors (Lipinski definition) is 4.